The van der Waals surface area contributed by atoms with Gasteiger partial charge in [-0.3, -0.25) is 9.69 Å². The van der Waals surface area contributed by atoms with E-state index < -0.39 is 0 Å². The van der Waals surface area contributed by atoms with E-state index in [0.717, 1.165) is 62.4 Å². The molecule has 33 heavy (non-hydrogen) atoms. The first-order chi connectivity index (χ1) is 16.1. The lowest BCUT2D eigenvalue weighted by molar-refractivity contribution is -0.125. The van der Waals surface area contributed by atoms with Crippen LogP contribution in [0.4, 0.5) is 5.82 Å². The van der Waals surface area contributed by atoms with Gasteiger partial charge in [-0.05, 0) is 64.1 Å². The Balaban J connectivity index is 1.06. The highest BCUT2D eigenvalue weighted by atomic mass is 16.2. The monoisotopic (exact) mass is 448 g/mol. The summed E-state index contributed by atoms with van der Waals surface area (Å²) >= 11 is 0. The van der Waals surface area contributed by atoms with Gasteiger partial charge in [0.05, 0.1) is 11.6 Å². The molecule has 2 saturated heterocycles. The maximum Gasteiger partial charge on any atom is 0.224 e. The number of aromatic amines is 1. The molecule has 0 spiro atoms. The zero-order chi connectivity index (χ0) is 22.4. The summed E-state index contributed by atoms with van der Waals surface area (Å²) in [6, 6.07) is 7.09. The van der Waals surface area contributed by atoms with Crippen molar-refractivity contribution in [2.45, 2.75) is 76.3 Å². The maximum absolute atomic E-state index is 13.0. The molecular formula is C26H36N6O. The van der Waals surface area contributed by atoms with E-state index in [4.69, 9.17) is 9.97 Å². The fourth-order valence-electron chi connectivity index (χ4n) is 6.09. The van der Waals surface area contributed by atoms with E-state index >= 15 is 0 Å². The summed E-state index contributed by atoms with van der Waals surface area (Å²) in [6.45, 7) is 5.89. The quantitative estimate of drug-likeness (QED) is 0.706. The second-order valence-electron chi connectivity index (χ2n) is 10.6. The first-order valence-electron chi connectivity index (χ1n) is 13.0. The number of aryl methyl sites for hydroxylation is 1. The van der Waals surface area contributed by atoms with Crippen LogP contribution in [0.5, 0.6) is 0 Å². The molecule has 0 bridgehead atoms. The summed E-state index contributed by atoms with van der Waals surface area (Å²) in [6.07, 6.45) is 9.82. The van der Waals surface area contributed by atoms with Crippen molar-refractivity contribution < 1.29 is 4.79 Å². The molecule has 1 amide bonds. The van der Waals surface area contributed by atoms with Crippen molar-refractivity contribution in [3.8, 4) is 11.5 Å². The third kappa shape index (κ3) is 4.39. The fourth-order valence-corrected chi connectivity index (χ4v) is 6.09. The molecule has 0 aromatic carbocycles. The molecule has 2 unspecified atom stereocenters. The molecule has 2 saturated carbocycles. The van der Waals surface area contributed by atoms with E-state index in [1.807, 2.05) is 6.07 Å². The summed E-state index contributed by atoms with van der Waals surface area (Å²) < 4.78 is 0. The van der Waals surface area contributed by atoms with Crippen molar-refractivity contribution in [3.05, 3.63) is 29.6 Å². The zero-order valence-corrected chi connectivity index (χ0v) is 19.7. The molecule has 4 fully saturated rings. The molecule has 2 atom stereocenters. The third-order valence-electron chi connectivity index (χ3n) is 8.15. The Bertz CT molecular complexity index is 1010. The van der Waals surface area contributed by atoms with Crippen molar-refractivity contribution in [1.29, 1.82) is 0 Å². The van der Waals surface area contributed by atoms with E-state index in [1.54, 1.807) is 0 Å². The normalized spacial score (nSPS) is 26.4. The number of rotatable bonds is 6. The Kier molecular flexibility index (Phi) is 5.60. The molecule has 2 aliphatic carbocycles. The van der Waals surface area contributed by atoms with Crippen molar-refractivity contribution in [3.63, 3.8) is 0 Å². The molecule has 2 aromatic rings. The average molecular weight is 449 g/mol. The van der Waals surface area contributed by atoms with Crippen molar-refractivity contribution in [2.75, 3.05) is 31.1 Å². The number of pyridine rings is 1. The second-order valence-corrected chi connectivity index (χ2v) is 10.6. The van der Waals surface area contributed by atoms with Crippen LogP contribution < -0.4 is 10.2 Å². The molecule has 7 nitrogen and oxygen atoms in total. The van der Waals surface area contributed by atoms with Crippen LogP contribution in [0.25, 0.3) is 11.5 Å². The molecule has 2 aliphatic heterocycles. The minimum absolute atomic E-state index is 0.156. The first kappa shape index (κ1) is 21.1. The molecular weight excluding hydrogens is 412 g/mol. The molecule has 0 radical (unpaired) electrons. The van der Waals surface area contributed by atoms with Gasteiger partial charge in [0.15, 0.2) is 5.82 Å². The third-order valence-corrected chi connectivity index (χ3v) is 8.15. The summed E-state index contributed by atoms with van der Waals surface area (Å²) in [7, 11) is 0. The number of carbonyl (C=O) groups excluding carboxylic acids is 1. The van der Waals surface area contributed by atoms with Crippen LogP contribution in [0.2, 0.25) is 0 Å². The topological polar surface area (TPSA) is 77.2 Å². The highest BCUT2D eigenvalue weighted by molar-refractivity contribution is 5.79. The van der Waals surface area contributed by atoms with Crippen LogP contribution in [0.15, 0.2) is 18.2 Å². The number of hydrogen-bond acceptors (Lipinski definition) is 5. The minimum atomic E-state index is 0.156. The van der Waals surface area contributed by atoms with Gasteiger partial charge in [-0.25, -0.2) is 9.97 Å². The van der Waals surface area contributed by atoms with Gasteiger partial charge in [-0.15, -0.1) is 0 Å². The number of hydrogen-bond donors (Lipinski definition) is 2. The van der Waals surface area contributed by atoms with Crippen LogP contribution >= 0.6 is 0 Å². The average Bonchev–Trinajstić information content (AvgIpc) is 3.29. The van der Waals surface area contributed by atoms with Gasteiger partial charge in [-0.2, -0.15) is 0 Å². The summed E-state index contributed by atoms with van der Waals surface area (Å²) in [5, 5.41) is 3.35. The van der Waals surface area contributed by atoms with Gasteiger partial charge in [-0.1, -0.05) is 18.9 Å². The largest absolute Gasteiger partial charge is 0.354 e. The molecule has 4 aliphatic rings. The number of H-pyrrole nitrogens is 1. The summed E-state index contributed by atoms with van der Waals surface area (Å²) in [4.78, 5) is 31.0. The van der Waals surface area contributed by atoms with Crippen LogP contribution in [-0.2, 0) is 4.79 Å². The minimum Gasteiger partial charge on any atom is -0.354 e. The summed E-state index contributed by atoms with van der Waals surface area (Å²) in [5.74, 6) is 2.88. The lowest BCUT2D eigenvalue weighted by Crippen LogP contribution is -2.42. The van der Waals surface area contributed by atoms with Gasteiger partial charge in [0.1, 0.15) is 11.5 Å². The number of imidazole rings is 1. The van der Waals surface area contributed by atoms with E-state index in [-0.39, 0.29) is 17.9 Å². The predicted octanol–water partition coefficient (Wildman–Crippen LogP) is 3.62. The van der Waals surface area contributed by atoms with E-state index in [2.05, 4.69) is 39.2 Å². The molecule has 6 rings (SSSR count). The first-order valence-corrected chi connectivity index (χ1v) is 13.0. The van der Waals surface area contributed by atoms with E-state index in [0.29, 0.717) is 5.92 Å². The predicted molar refractivity (Wildman–Crippen MR) is 129 cm³/mol. The lowest BCUT2D eigenvalue weighted by Gasteiger charge is -2.23. The number of anilines is 1. The Morgan fingerprint density at radius 3 is 2.70 bits per heavy atom. The maximum atomic E-state index is 13.0. The van der Waals surface area contributed by atoms with E-state index in [9.17, 15) is 4.79 Å². The molecule has 7 heteroatoms. The molecule has 2 N–H and O–H groups in total. The van der Waals surface area contributed by atoms with Crippen LogP contribution in [0, 0.1) is 12.8 Å². The Labute approximate surface area is 196 Å². The van der Waals surface area contributed by atoms with Gasteiger partial charge in [0, 0.05) is 43.3 Å². The van der Waals surface area contributed by atoms with Crippen LogP contribution in [0.1, 0.15) is 68.7 Å². The Morgan fingerprint density at radius 1 is 1.03 bits per heavy atom. The van der Waals surface area contributed by atoms with Crippen molar-refractivity contribution in [1.82, 2.24) is 25.2 Å². The molecule has 4 heterocycles. The van der Waals surface area contributed by atoms with Gasteiger partial charge < -0.3 is 15.2 Å². The van der Waals surface area contributed by atoms with Gasteiger partial charge in [0.25, 0.3) is 0 Å². The molecule has 176 valence electrons. The smallest absolute Gasteiger partial charge is 0.224 e. The number of nitrogens with one attached hydrogen (secondary N) is 2. The number of amides is 1. The number of carbonyl (C=O) groups is 1. The van der Waals surface area contributed by atoms with Gasteiger partial charge in [0.2, 0.25) is 5.91 Å². The van der Waals surface area contributed by atoms with Crippen molar-refractivity contribution in [2.24, 2.45) is 5.92 Å². The van der Waals surface area contributed by atoms with Gasteiger partial charge >= 0.3 is 0 Å². The standard InChI is InChI=1S/C26H36N6O/c1-17-24(18-9-10-18)30-25(27-17)22-7-4-8-23(29-22)32-14-12-20(16-32)28-26(33)19-11-13-31(15-19)21-5-2-3-6-21/h4,7-8,18-21H,2-3,5-6,9-16H2,1H3,(H,27,30)(H,28,33). The van der Waals surface area contributed by atoms with Crippen LogP contribution in [0.3, 0.4) is 0 Å². The highest BCUT2D eigenvalue weighted by Crippen LogP contribution is 2.41. The molecule has 2 aromatic heterocycles. The fraction of sp³-hybridized carbons (Fsp3) is 0.654. The Hall–Kier alpha value is -2.41. The highest BCUT2D eigenvalue weighted by Gasteiger charge is 2.35. The Morgan fingerprint density at radius 2 is 1.88 bits per heavy atom. The SMILES string of the molecule is Cc1[nH]c(-c2cccc(N3CCC(NC(=O)C4CCN(C5CCCC5)C4)C3)n2)nc1C1CC1. The number of aromatic nitrogens is 3. The van der Waals surface area contributed by atoms with Crippen LogP contribution in [-0.4, -0.2) is 64.0 Å². The number of nitrogens with zero attached hydrogens (tertiary/aromatic N) is 4. The van der Waals surface area contributed by atoms with E-state index in [1.165, 1.54) is 49.9 Å². The zero-order valence-electron chi connectivity index (χ0n) is 19.7. The number of likely N-dealkylation sites (tertiary alicyclic amines) is 1. The second kappa shape index (κ2) is 8.75. The van der Waals surface area contributed by atoms with Crippen molar-refractivity contribution >= 4 is 11.7 Å². The lowest BCUT2D eigenvalue weighted by atomic mass is 10.1. The summed E-state index contributed by atoms with van der Waals surface area (Å²) in [5.41, 5.74) is 3.27.